The van der Waals surface area contributed by atoms with Crippen molar-refractivity contribution in [1.29, 1.82) is 0 Å². The van der Waals surface area contributed by atoms with Crippen LogP contribution in [0.4, 0.5) is 4.39 Å². The molecule has 0 unspecified atom stereocenters. The van der Waals surface area contributed by atoms with Gasteiger partial charge in [0.2, 0.25) is 0 Å². The van der Waals surface area contributed by atoms with Gasteiger partial charge in [0.05, 0.1) is 7.11 Å². The van der Waals surface area contributed by atoms with Gasteiger partial charge in [0.25, 0.3) is 0 Å². The molecule has 0 saturated carbocycles. The van der Waals surface area contributed by atoms with Crippen LogP contribution < -0.4 is 5.73 Å². The predicted molar refractivity (Wildman–Crippen MR) is 57.6 cm³/mol. The van der Waals surface area contributed by atoms with E-state index in [1.807, 2.05) is 0 Å². The average molecular weight is 254 g/mol. The largest absolute Gasteiger partial charge is 0.468 e. The molecule has 0 aliphatic carbocycles. The van der Waals surface area contributed by atoms with Gasteiger partial charge >= 0.3 is 5.97 Å². The smallest absolute Gasteiger partial charge is 0.327 e. The van der Waals surface area contributed by atoms with Crippen molar-refractivity contribution in [1.82, 2.24) is 0 Å². The topological polar surface area (TPSA) is 52.3 Å². The molecular weight excluding hydrogens is 244 g/mol. The van der Waals surface area contributed by atoms with Crippen molar-refractivity contribution in [2.45, 2.75) is 6.04 Å². The SMILES string of the molecule is COC(=O)[C@@H](N)c1ccc(Cl)cc1F.Cl. The van der Waals surface area contributed by atoms with Gasteiger partial charge in [-0.1, -0.05) is 17.7 Å². The predicted octanol–water partition coefficient (Wildman–Crippen LogP) is 2.07. The summed E-state index contributed by atoms with van der Waals surface area (Å²) in [5.41, 5.74) is 5.51. The summed E-state index contributed by atoms with van der Waals surface area (Å²) in [7, 11) is 1.19. The van der Waals surface area contributed by atoms with Gasteiger partial charge in [-0.3, -0.25) is 4.79 Å². The zero-order chi connectivity index (χ0) is 10.7. The van der Waals surface area contributed by atoms with E-state index in [1.165, 1.54) is 19.2 Å². The highest BCUT2D eigenvalue weighted by Crippen LogP contribution is 2.19. The number of carbonyl (C=O) groups excluding carboxylic acids is 1. The number of ether oxygens (including phenoxy) is 1. The first-order valence-electron chi connectivity index (χ1n) is 3.84. The van der Waals surface area contributed by atoms with Gasteiger partial charge in [-0.2, -0.15) is 0 Å². The molecule has 0 aliphatic rings. The summed E-state index contributed by atoms with van der Waals surface area (Å²) in [6.45, 7) is 0. The fraction of sp³-hybridized carbons (Fsp3) is 0.222. The molecule has 1 rings (SSSR count). The second-order valence-electron chi connectivity index (χ2n) is 2.67. The van der Waals surface area contributed by atoms with Crippen LogP contribution in [0.1, 0.15) is 11.6 Å². The van der Waals surface area contributed by atoms with Crippen LogP contribution >= 0.6 is 24.0 Å². The first kappa shape index (κ1) is 14.2. The lowest BCUT2D eigenvalue weighted by Crippen LogP contribution is -2.23. The highest BCUT2D eigenvalue weighted by molar-refractivity contribution is 6.30. The van der Waals surface area contributed by atoms with Gasteiger partial charge in [0.1, 0.15) is 11.9 Å². The van der Waals surface area contributed by atoms with E-state index in [9.17, 15) is 9.18 Å². The molecule has 0 heterocycles. The van der Waals surface area contributed by atoms with E-state index in [0.717, 1.165) is 6.07 Å². The van der Waals surface area contributed by atoms with E-state index in [-0.39, 0.29) is 23.0 Å². The van der Waals surface area contributed by atoms with Gasteiger partial charge in [-0.15, -0.1) is 12.4 Å². The molecule has 0 amide bonds. The number of methoxy groups -OCH3 is 1. The minimum absolute atomic E-state index is 0. The van der Waals surface area contributed by atoms with Crippen LogP contribution in [0.2, 0.25) is 5.02 Å². The number of hydrogen-bond acceptors (Lipinski definition) is 3. The lowest BCUT2D eigenvalue weighted by Gasteiger charge is -2.10. The Balaban J connectivity index is 0.00000196. The lowest BCUT2D eigenvalue weighted by molar-refractivity contribution is -0.142. The molecule has 0 aromatic heterocycles. The Kier molecular flexibility index (Phi) is 5.57. The summed E-state index contributed by atoms with van der Waals surface area (Å²) in [6.07, 6.45) is 0. The summed E-state index contributed by atoms with van der Waals surface area (Å²) in [5.74, 6) is -1.30. The third-order valence-corrected chi connectivity index (χ3v) is 1.99. The molecule has 0 aliphatic heterocycles. The molecule has 2 N–H and O–H groups in total. The van der Waals surface area contributed by atoms with E-state index in [1.54, 1.807) is 0 Å². The summed E-state index contributed by atoms with van der Waals surface area (Å²) < 4.78 is 17.6. The molecule has 0 saturated heterocycles. The molecule has 84 valence electrons. The highest BCUT2D eigenvalue weighted by atomic mass is 35.5. The summed E-state index contributed by atoms with van der Waals surface area (Å²) in [6, 6.07) is 2.80. The Morgan fingerprint density at radius 1 is 1.60 bits per heavy atom. The molecule has 0 radical (unpaired) electrons. The Labute approximate surface area is 97.8 Å². The second kappa shape index (κ2) is 5.90. The molecule has 1 aromatic carbocycles. The molecule has 0 fully saturated rings. The Morgan fingerprint density at radius 3 is 2.67 bits per heavy atom. The zero-order valence-electron chi connectivity index (χ0n) is 7.87. The summed E-state index contributed by atoms with van der Waals surface area (Å²) >= 11 is 5.54. The molecule has 1 aromatic rings. The highest BCUT2D eigenvalue weighted by Gasteiger charge is 2.19. The average Bonchev–Trinajstić information content (AvgIpc) is 2.15. The second-order valence-corrected chi connectivity index (χ2v) is 3.10. The van der Waals surface area contributed by atoms with Gasteiger partial charge in [0.15, 0.2) is 0 Å². The zero-order valence-corrected chi connectivity index (χ0v) is 9.44. The number of nitrogens with two attached hydrogens (primary N) is 1. The van der Waals surface area contributed by atoms with Crippen molar-refractivity contribution in [2.24, 2.45) is 5.73 Å². The van der Waals surface area contributed by atoms with Crippen LogP contribution in [0.3, 0.4) is 0 Å². The number of halogens is 3. The molecular formula is C9H10Cl2FNO2. The van der Waals surface area contributed by atoms with Crippen LogP contribution in [-0.4, -0.2) is 13.1 Å². The van der Waals surface area contributed by atoms with Crippen molar-refractivity contribution < 1.29 is 13.9 Å². The Bertz CT molecular complexity index is 360. The minimum Gasteiger partial charge on any atom is -0.468 e. The molecule has 3 nitrogen and oxygen atoms in total. The first-order valence-corrected chi connectivity index (χ1v) is 4.22. The minimum atomic E-state index is -1.11. The maximum absolute atomic E-state index is 13.2. The van der Waals surface area contributed by atoms with Crippen LogP contribution in [0.25, 0.3) is 0 Å². The van der Waals surface area contributed by atoms with Crippen molar-refractivity contribution in [2.75, 3.05) is 7.11 Å². The van der Waals surface area contributed by atoms with Crippen molar-refractivity contribution in [3.63, 3.8) is 0 Å². The monoisotopic (exact) mass is 253 g/mol. The van der Waals surface area contributed by atoms with Gasteiger partial charge < -0.3 is 10.5 Å². The number of rotatable bonds is 2. The summed E-state index contributed by atoms with van der Waals surface area (Å²) in [5, 5.41) is 0.253. The van der Waals surface area contributed by atoms with E-state index < -0.39 is 17.8 Å². The maximum atomic E-state index is 13.2. The van der Waals surface area contributed by atoms with E-state index in [2.05, 4.69) is 4.74 Å². The fourth-order valence-electron chi connectivity index (χ4n) is 1.01. The van der Waals surface area contributed by atoms with Crippen molar-refractivity contribution >= 4 is 30.0 Å². The lowest BCUT2D eigenvalue weighted by atomic mass is 10.1. The maximum Gasteiger partial charge on any atom is 0.327 e. The molecule has 0 spiro atoms. The van der Waals surface area contributed by atoms with Crippen LogP contribution in [0, 0.1) is 5.82 Å². The standard InChI is InChI=1S/C9H9ClFNO2.ClH/c1-14-9(13)8(12)6-3-2-5(10)4-7(6)11;/h2-4,8H,12H2,1H3;1H/t8-;/m0./s1. The van der Waals surface area contributed by atoms with Gasteiger partial charge in [-0.05, 0) is 12.1 Å². The van der Waals surface area contributed by atoms with E-state index in [0.29, 0.717) is 0 Å². The molecule has 15 heavy (non-hydrogen) atoms. The van der Waals surface area contributed by atoms with Gasteiger partial charge in [-0.25, -0.2) is 4.39 Å². The third-order valence-electron chi connectivity index (χ3n) is 1.75. The van der Waals surface area contributed by atoms with Crippen LogP contribution in [0.15, 0.2) is 18.2 Å². The van der Waals surface area contributed by atoms with E-state index in [4.69, 9.17) is 17.3 Å². The molecule has 6 heteroatoms. The normalized spacial score (nSPS) is 11.5. The number of benzene rings is 1. The third kappa shape index (κ3) is 3.34. The van der Waals surface area contributed by atoms with Crippen LogP contribution in [0.5, 0.6) is 0 Å². The summed E-state index contributed by atoms with van der Waals surface area (Å²) in [4.78, 5) is 11.0. The number of hydrogen-bond donors (Lipinski definition) is 1. The van der Waals surface area contributed by atoms with E-state index >= 15 is 0 Å². The van der Waals surface area contributed by atoms with Gasteiger partial charge in [0, 0.05) is 10.6 Å². The molecule has 0 bridgehead atoms. The van der Waals surface area contributed by atoms with Crippen molar-refractivity contribution in [3.05, 3.63) is 34.6 Å². The van der Waals surface area contributed by atoms with Crippen molar-refractivity contribution in [3.8, 4) is 0 Å². The Morgan fingerprint density at radius 2 is 2.20 bits per heavy atom. The quantitative estimate of drug-likeness (QED) is 0.822. The number of carbonyl (C=O) groups is 1. The Hall–Kier alpha value is -0.840. The first-order chi connectivity index (χ1) is 6.56. The fourth-order valence-corrected chi connectivity index (χ4v) is 1.17. The number of esters is 1. The van der Waals surface area contributed by atoms with Crippen LogP contribution in [-0.2, 0) is 9.53 Å². The molecule has 1 atom stereocenters.